The first-order valence-electron chi connectivity index (χ1n) is 6.57. The summed E-state index contributed by atoms with van der Waals surface area (Å²) in [6.45, 7) is 5.15. The van der Waals surface area contributed by atoms with E-state index in [9.17, 15) is 8.42 Å². The van der Waals surface area contributed by atoms with Crippen LogP contribution in [0.5, 0.6) is 0 Å². The van der Waals surface area contributed by atoms with Crippen molar-refractivity contribution in [3.05, 3.63) is 11.8 Å². The summed E-state index contributed by atoms with van der Waals surface area (Å²) in [5.74, 6) is 1.34. The maximum absolute atomic E-state index is 12.0. The summed E-state index contributed by atoms with van der Waals surface area (Å²) in [5, 5.41) is 7.82. The molecule has 7 nitrogen and oxygen atoms in total. The number of nitrogens with zero attached hydrogens (tertiary/aromatic N) is 3. The third-order valence-corrected chi connectivity index (χ3v) is 4.83. The Morgan fingerprint density at radius 3 is 2.58 bits per heavy atom. The molecule has 0 atom stereocenters. The molecule has 0 saturated carbocycles. The largest absolute Gasteiger partial charge is 0.425 e. The zero-order valence-electron chi connectivity index (χ0n) is 11.3. The number of rotatable bonds is 5. The molecule has 0 unspecified atom stereocenters. The van der Waals surface area contributed by atoms with Gasteiger partial charge >= 0.3 is 0 Å². The number of aryl methyl sites for hydroxylation is 1. The summed E-state index contributed by atoms with van der Waals surface area (Å²) in [7, 11) is -3.33. The summed E-state index contributed by atoms with van der Waals surface area (Å²) in [5.41, 5.74) is 0. The van der Waals surface area contributed by atoms with Gasteiger partial charge in [0.05, 0.1) is 0 Å². The summed E-state index contributed by atoms with van der Waals surface area (Å²) in [4.78, 5) is 0. The standard InChI is InChI=1S/C11H20N4O3S/c1-3-6-12-19(16,17)15-7-4-10(5-8-15)11-14-13-9(2)18-11/h10,12H,3-8H2,1-2H3. The Bertz CT molecular complexity index is 506. The second-order valence-electron chi connectivity index (χ2n) is 4.73. The zero-order chi connectivity index (χ0) is 13.9. The van der Waals surface area contributed by atoms with Gasteiger partial charge in [0, 0.05) is 32.5 Å². The summed E-state index contributed by atoms with van der Waals surface area (Å²) in [6.07, 6.45) is 2.22. The minimum absolute atomic E-state index is 0.166. The number of hydrogen-bond acceptors (Lipinski definition) is 5. The Hall–Kier alpha value is -0.990. The zero-order valence-corrected chi connectivity index (χ0v) is 12.1. The van der Waals surface area contributed by atoms with E-state index in [1.165, 1.54) is 4.31 Å². The molecule has 1 N–H and O–H groups in total. The van der Waals surface area contributed by atoms with E-state index in [-0.39, 0.29) is 5.92 Å². The van der Waals surface area contributed by atoms with Gasteiger partial charge in [-0.25, -0.2) is 4.72 Å². The molecule has 0 amide bonds. The quantitative estimate of drug-likeness (QED) is 0.866. The summed E-state index contributed by atoms with van der Waals surface area (Å²) < 4.78 is 33.4. The first-order chi connectivity index (χ1) is 9.03. The van der Waals surface area contributed by atoms with Gasteiger partial charge in [0.15, 0.2) is 0 Å². The van der Waals surface area contributed by atoms with E-state index in [2.05, 4.69) is 14.9 Å². The van der Waals surface area contributed by atoms with Crippen molar-refractivity contribution >= 4 is 10.2 Å². The molecule has 2 rings (SSSR count). The summed E-state index contributed by atoms with van der Waals surface area (Å²) >= 11 is 0. The number of hydrogen-bond donors (Lipinski definition) is 1. The van der Waals surface area contributed by atoms with Crippen molar-refractivity contribution in [2.45, 2.75) is 39.0 Å². The SMILES string of the molecule is CCCNS(=O)(=O)N1CCC(c2nnc(C)o2)CC1. The van der Waals surface area contributed by atoms with Gasteiger partial charge in [-0.15, -0.1) is 10.2 Å². The van der Waals surface area contributed by atoms with Crippen LogP contribution < -0.4 is 4.72 Å². The average molecular weight is 288 g/mol. The van der Waals surface area contributed by atoms with Crippen molar-refractivity contribution in [2.24, 2.45) is 0 Å². The van der Waals surface area contributed by atoms with Crippen molar-refractivity contribution < 1.29 is 12.8 Å². The second kappa shape index (κ2) is 5.98. The van der Waals surface area contributed by atoms with Gasteiger partial charge < -0.3 is 4.42 Å². The Kier molecular flexibility index (Phi) is 4.54. The lowest BCUT2D eigenvalue weighted by molar-refractivity contribution is 0.285. The van der Waals surface area contributed by atoms with Crippen LogP contribution in [0.3, 0.4) is 0 Å². The second-order valence-corrected chi connectivity index (χ2v) is 6.49. The molecule has 2 heterocycles. The first-order valence-corrected chi connectivity index (χ1v) is 8.01. The van der Waals surface area contributed by atoms with Crippen LogP contribution in [0.2, 0.25) is 0 Å². The molecule has 1 fully saturated rings. The molecule has 0 aliphatic carbocycles. The van der Waals surface area contributed by atoms with Crippen LogP contribution in [0.25, 0.3) is 0 Å². The molecular weight excluding hydrogens is 268 g/mol. The molecule has 0 aromatic carbocycles. The van der Waals surface area contributed by atoms with Gasteiger partial charge in [0.1, 0.15) is 0 Å². The van der Waals surface area contributed by atoms with Gasteiger partial charge in [0.2, 0.25) is 11.8 Å². The van der Waals surface area contributed by atoms with Crippen LogP contribution >= 0.6 is 0 Å². The molecule has 8 heteroatoms. The topological polar surface area (TPSA) is 88.3 Å². The molecule has 0 radical (unpaired) electrons. The van der Waals surface area contributed by atoms with E-state index in [1.54, 1.807) is 6.92 Å². The highest BCUT2D eigenvalue weighted by Gasteiger charge is 2.30. The van der Waals surface area contributed by atoms with Crippen LogP contribution in [-0.2, 0) is 10.2 Å². The molecule has 0 bridgehead atoms. The molecule has 1 aliphatic heterocycles. The molecule has 108 valence electrons. The molecule has 1 aliphatic rings. The fourth-order valence-electron chi connectivity index (χ4n) is 2.14. The van der Waals surface area contributed by atoms with Crippen molar-refractivity contribution in [3.8, 4) is 0 Å². The van der Waals surface area contributed by atoms with E-state index >= 15 is 0 Å². The molecule has 19 heavy (non-hydrogen) atoms. The highest BCUT2D eigenvalue weighted by atomic mass is 32.2. The van der Waals surface area contributed by atoms with Gasteiger partial charge in [-0.1, -0.05) is 6.92 Å². The molecule has 1 saturated heterocycles. The fraction of sp³-hybridized carbons (Fsp3) is 0.818. The lowest BCUT2D eigenvalue weighted by Gasteiger charge is -2.29. The maximum Gasteiger partial charge on any atom is 0.279 e. The summed E-state index contributed by atoms with van der Waals surface area (Å²) in [6, 6.07) is 0. The molecular formula is C11H20N4O3S. The molecule has 0 spiro atoms. The lowest BCUT2D eigenvalue weighted by atomic mass is 9.98. The predicted octanol–water partition coefficient (Wildman–Crippen LogP) is 0.802. The number of piperidine rings is 1. The van der Waals surface area contributed by atoms with Crippen LogP contribution in [-0.4, -0.2) is 42.6 Å². The van der Waals surface area contributed by atoms with Gasteiger partial charge in [-0.3, -0.25) is 0 Å². The maximum atomic E-state index is 12.0. The van der Waals surface area contributed by atoms with Crippen molar-refractivity contribution in [2.75, 3.05) is 19.6 Å². The fourth-order valence-corrected chi connectivity index (χ4v) is 3.48. The van der Waals surface area contributed by atoms with Gasteiger partial charge in [-0.05, 0) is 19.3 Å². The Labute approximate surface area is 113 Å². The highest BCUT2D eigenvalue weighted by Crippen LogP contribution is 2.27. The third-order valence-electron chi connectivity index (χ3n) is 3.22. The first kappa shape index (κ1) is 14.4. The van der Waals surface area contributed by atoms with E-state index in [1.807, 2.05) is 6.92 Å². The van der Waals surface area contributed by atoms with E-state index < -0.39 is 10.2 Å². The van der Waals surface area contributed by atoms with Crippen molar-refractivity contribution in [1.29, 1.82) is 0 Å². The monoisotopic (exact) mass is 288 g/mol. The Morgan fingerprint density at radius 2 is 2.05 bits per heavy atom. The van der Waals surface area contributed by atoms with Gasteiger partial charge in [0.25, 0.3) is 10.2 Å². The third kappa shape index (κ3) is 3.52. The van der Waals surface area contributed by atoms with Crippen molar-refractivity contribution in [3.63, 3.8) is 0 Å². The lowest BCUT2D eigenvalue weighted by Crippen LogP contribution is -2.44. The Balaban J connectivity index is 1.92. The van der Waals surface area contributed by atoms with Crippen molar-refractivity contribution in [1.82, 2.24) is 19.2 Å². The number of nitrogens with one attached hydrogen (secondary N) is 1. The minimum atomic E-state index is -3.33. The average Bonchev–Trinajstić information content (AvgIpc) is 2.83. The van der Waals surface area contributed by atoms with Crippen LogP contribution in [0.1, 0.15) is 43.9 Å². The normalized spacial score (nSPS) is 18.8. The smallest absolute Gasteiger partial charge is 0.279 e. The van der Waals surface area contributed by atoms with Crippen LogP contribution in [0.15, 0.2) is 4.42 Å². The van der Waals surface area contributed by atoms with E-state index in [4.69, 9.17) is 4.42 Å². The highest BCUT2D eigenvalue weighted by molar-refractivity contribution is 7.87. The van der Waals surface area contributed by atoms with Crippen LogP contribution in [0.4, 0.5) is 0 Å². The predicted molar refractivity (Wildman–Crippen MR) is 69.8 cm³/mol. The molecule has 1 aromatic rings. The Morgan fingerprint density at radius 1 is 1.37 bits per heavy atom. The van der Waals surface area contributed by atoms with Crippen LogP contribution in [0, 0.1) is 6.92 Å². The van der Waals surface area contributed by atoms with Gasteiger partial charge in [-0.2, -0.15) is 12.7 Å². The van der Waals surface area contributed by atoms with E-state index in [0.29, 0.717) is 44.3 Å². The van der Waals surface area contributed by atoms with E-state index in [0.717, 1.165) is 6.42 Å². The number of aromatic nitrogens is 2. The minimum Gasteiger partial charge on any atom is -0.425 e. The molecule has 1 aromatic heterocycles.